The van der Waals surface area contributed by atoms with E-state index >= 15 is 0 Å². The standard InChI is InChI=1S/C15H17IO3/c16-13-8-4-3-7-12(13)14(17)9-10-5-1-2-6-11(10)15(18)19/h3-4,7-8,10-11H,1-2,5-6,9H2,(H,18,19)/t10-,11-/m1/s1. The molecule has 1 aliphatic rings. The average Bonchev–Trinajstić information content (AvgIpc) is 2.39. The molecule has 0 aromatic heterocycles. The van der Waals surface area contributed by atoms with Gasteiger partial charge in [-0.25, -0.2) is 0 Å². The monoisotopic (exact) mass is 372 g/mol. The summed E-state index contributed by atoms with van der Waals surface area (Å²) in [6, 6.07) is 7.48. The van der Waals surface area contributed by atoms with Gasteiger partial charge in [-0.3, -0.25) is 9.59 Å². The van der Waals surface area contributed by atoms with Gasteiger partial charge in [0.25, 0.3) is 0 Å². The van der Waals surface area contributed by atoms with Gasteiger partial charge < -0.3 is 5.11 Å². The molecule has 1 aliphatic carbocycles. The number of carbonyl (C=O) groups is 2. The van der Waals surface area contributed by atoms with Gasteiger partial charge in [-0.1, -0.05) is 31.0 Å². The number of ketones is 1. The van der Waals surface area contributed by atoms with Crippen molar-refractivity contribution in [1.82, 2.24) is 0 Å². The van der Waals surface area contributed by atoms with Gasteiger partial charge in [0.05, 0.1) is 5.92 Å². The molecule has 0 unspecified atom stereocenters. The molecule has 19 heavy (non-hydrogen) atoms. The molecule has 1 fully saturated rings. The Kier molecular flexibility index (Phi) is 4.96. The molecular formula is C15H17IO3. The minimum Gasteiger partial charge on any atom is -0.481 e. The third-order valence-electron chi connectivity index (χ3n) is 3.85. The minimum absolute atomic E-state index is 0.00486. The zero-order chi connectivity index (χ0) is 13.8. The molecule has 0 radical (unpaired) electrons. The fourth-order valence-electron chi connectivity index (χ4n) is 2.81. The van der Waals surface area contributed by atoms with Crippen LogP contribution >= 0.6 is 22.6 Å². The molecular weight excluding hydrogens is 355 g/mol. The Hall–Kier alpha value is -0.910. The van der Waals surface area contributed by atoms with Crippen LogP contribution in [0.15, 0.2) is 24.3 Å². The van der Waals surface area contributed by atoms with Gasteiger partial charge in [-0.15, -0.1) is 0 Å². The largest absolute Gasteiger partial charge is 0.481 e. The highest BCUT2D eigenvalue weighted by Gasteiger charge is 2.32. The van der Waals surface area contributed by atoms with Crippen LogP contribution in [0.3, 0.4) is 0 Å². The summed E-state index contributed by atoms with van der Waals surface area (Å²) in [5.74, 6) is -1.03. The normalized spacial score (nSPS) is 23.0. The van der Waals surface area contributed by atoms with Crippen LogP contribution in [0.5, 0.6) is 0 Å². The Bertz CT molecular complexity index is 484. The Labute approximate surface area is 126 Å². The Morgan fingerprint density at radius 3 is 2.58 bits per heavy atom. The number of carboxylic acid groups (broad SMARTS) is 1. The first-order valence-electron chi connectivity index (χ1n) is 6.60. The van der Waals surface area contributed by atoms with Crippen molar-refractivity contribution in [3.63, 3.8) is 0 Å². The molecule has 0 saturated heterocycles. The summed E-state index contributed by atoms with van der Waals surface area (Å²) < 4.78 is 0.938. The fraction of sp³-hybridized carbons (Fsp3) is 0.467. The predicted octanol–water partition coefficient (Wildman–Crippen LogP) is 3.76. The predicted molar refractivity (Wildman–Crippen MR) is 81.2 cm³/mol. The maximum atomic E-state index is 12.3. The lowest BCUT2D eigenvalue weighted by atomic mass is 9.76. The van der Waals surface area contributed by atoms with E-state index in [0.717, 1.165) is 28.4 Å². The van der Waals surface area contributed by atoms with Gasteiger partial charge >= 0.3 is 5.97 Å². The highest BCUT2D eigenvalue weighted by molar-refractivity contribution is 14.1. The van der Waals surface area contributed by atoms with Crippen LogP contribution in [-0.4, -0.2) is 16.9 Å². The van der Waals surface area contributed by atoms with Crippen LogP contribution in [-0.2, 0) is 4.79 Å². The molecule has 1 aromatic rings. The zero-order valence-electron chi connectivity index (χ0n) is 10.6. The molecule has 0 amide bonds. The molecule has 0 spiro atoms. The van der Waals surface area contributed by atoms with E-state index in [2.05, 4.69) is 22.6 Å². The molecule has 0 heterocycles. The lowest BCUT2D eigenvalue weighted by molar-refractivity contribution is -0.144. The average molecular weight is 372 g/mol. The molecule has 3 nitrogen and oxygen atoms in total. The van der Waals surface area contributed by atoms with E-state index in [1.807, 2.05) is 24.3 Å². The van der Waals surface area contributed by atoms with E-state index in [0.29, 0.717) is 12.8 Å². The van der Waals surface area contributed by atoms with Crippen molar-refractivity contribution in [2.24, 2.45) is 11.8 Å². The van der Waals surface area contributed by atoms with Crippen LogP contribution in [0.4, 0.5) is 0 Å². The Balaban J connectivity index is 2.09. The summed E-state index contributed by atoms with van der Waals surface area (Å²) in [5.41, 5.74) is 0.720. The second-order valence-electron chi connectivity index (χ2n) is 5.10. The van der Waals surface area contributed by atoms with Crippen molar-refractivity contribution in [3.8, 4) is 0 Å². The Morgan fingerprint density at radius 1 is 1.21 bits per heavy atom. The third-order valence-corrected chi connectivity index (χ3v) is 4.79. The summed E-state index contributed by atoms with van der Waals surface area (Å²) in [5, 5.41) is 9.23. The van der Waals surface area contributed by atoms with Gasteiger partial charge in [0.2, 0.25) is 0 Å². The quantitative estimate of drug-likeness (QED) is 0.647. The van der Waals surface area contributed by atoms with Gasteiger partial charge in [0, 0.05) is 15.6 Å². The van der Waals surface area contributed by atoms with E-state index < -0.39 is 5.97 Å². The van der Waals surface area contributed by atoms with Crippen molar-refractivity contribution >= 4 is 34.3 Å². The summed E-state index contributed by atoms with van der Waals surface area (Å²) in [4.78, 5) is 23.5. The number of Topliss-reactive ketones (excluding diaryl/α,β-unsaturated/α-hetero) is 1. The zero-order valence-corrected chi connectivity index (χ0v) is 12.8. The van der Waals surface area contributed by atoms with Crippen molar-refractivity contribution in [3.05, 3.63) is 33.4 Å². The second kappa shape index (κ2) is 6.50. The number of hydrogen-bond donors (Lipinski definition) is 1. The molecule has 2 rings (SSSR count). The van der Waals surface area contributed by atoms with Gasteiger partial charge in [0.1, 0.15) is 0 Å². The van der Waals surface area contributed by atoms with Gasteiger partial charge in [-0.2, -0.15) is 0 Å². The highest BCUT2D eigenvalue weighted by atomic mass is 127. The van der Waals surface area contributed by atoms with Crippen LogP contribution < -0.4 is 0 Å². The van der Waals surface area contributed by atoms with Gasteiger partial charge in [0.15, 0.2) is 5.78 Å². The van der Waals surface area contributed by atoms with E-state index in [1.165, 1.54) is 0 Å². The fourth-order valence-corrected chi connectivity index (χ4v) is 3.50. The number of hydrogen-bond acceptors (Lipinski definition) is 2. The van der Waals surface area contributed by atoms with Crippen molar-refractivity contribution < 1.29 is 14.7 Å². The van der Waals surface area contributed by atoms with Crippen LogP contribution in [0.2, 0.25) is 0 Å². The first-order valence-corrected chi connectivity index (χ1v) is 7.68. The van der Waals surface area contributed by atoms with E-state index in [-0.39, 0.29) is 17.6 Å². The number of benzene rings is 1. The number of halogens is 1. The number of carbonyl (C=O) groups excluding carboxylic acids is 1. The van der Waals surface area contributed by atoms with Gasteiger partial charge in [-0.05, 0) is 47.4 Å². The van der Waals surface area contributed by atoms with Crippen LogP contribution in [0, 0.1) is 15.4 Å². The Morgan fingerprint density at radius 2 is 1.89 bits per heavy atom. The van der Waals surface area contributed by atoms with Crippen LogP contribution in [0.1, 0.15) is 42.5 Å². The summed E-state index contributed by atoms with van der Waals surface area (Å²) >= 11 is 2.15. The number of aliphatic carboxylic acids is 1. The molecule has 102 valence electrons. The second-order valence-corrected chi connectivity index (χ2v) is 6.26. The summed E-state index contributed by atoms with van der Waals surface area (Å²) in [7, 11) is 0. The molecule has 4 heteroatoms. The smallest absolute Gasteiger partial charge is 0.306 e. The topological polar surface area (TPSA) is 54.4 Å². The van der Waals surface area contributed by atoms with Crippen molar-refractivity contribution in [2.75, 3.05) is 0 Å². The number of carboxylic acids is 1. The maximum Gasteiger partial charge on any atom is 0.306 e. The van der Waals surface area contributed by atoms with E-state index in [9.17, 15) is 14.7 Å². The first-order chi connectivity index (χ1) is 9.09. The first kappa shape index (κ1) is 14.5. The molecule has 1 aromatic carbocycles. The molecule has 1 saturated carbocycles. The van der Waals surface area contributed by atoms with E-state index in [1.54, 1.807) is 0 Å². The van der Waals surface area contributed by atoms with Crippen molar-refractivity contribution in [2.45, 2.75) is 32.1 Å². The SMILES string of the molecule is O=C(C[C@H]1CCCC[C@H]1C(=O)O)c1ccccc1I. The summed E-state index contributed by atoms with van der Waals surface area (Å²) in [6.07, 6.45) is 3.92. The van der Waals surface area contributed by atoms with Crippen LogP contribution in [0.25, 0.3) is 0 Å². The van der Waals surface area contributed by atoms with E-state index in [4.69, 9.17) is 0 Å². The maximum absolute atomic E-state index is 12.3. The molecule has 0 aliphatic heterocycles. The lowest BCUT2D eigenvalue weighted by Crippen LogP contribution is -2.28. The lowest BCUT2D eigenvalue weighted by Gasteiger charge is -2.28. The number of rotatable bonds is 4. The third kappa shape index (κ3) is 3.55. The highest BCUT2D eigenvalue weighted by Crippen LogP contribution is 2.33. The molecule has 0 bridgehead atoms. The van der Waals surface area contributed by atoms with Crippen molar-refractivity contribution in [1.29, 1.82) is 0 Å². The minimum atomic E-state index is -0.750. The summed E-state index contributed by atoms with van der Waals surface area (Å²) in [6.45, 7) is 0. The molecule has 2 atom stereocenters. The molecule has 1 N–H and O–H groups in total.